The number of aromatic nitrogens is 2. The van der Waals surface area contributed by atoms with Gasteiger partial charge in [0.15, 0.2) is 5.75 Å². The first-order chi connectivity index (χ1) is 15.8. The first kappa shape index (κ1) is 22.5. The number of benzene rings is 2. The molecule has 33 heavy (non-hydrogen) atoms. The van der Waals surface area contributed by atoms with Crippen molar-refractivity contribution in [1.29, 1.82) is 0 Å². The van der Waals surface area contributed by atoms with Crippen molar-refractivity contribution in [2.75, 3.05) is 0 Å². The molecule has 9 heteroatoms. The van der Waals surface area contributed by atoms with Gasteiger partial charge in [0.25, 0.3) is 5.65 Å². The molecule has 2 heterocycles. The normalized spacial score (nSPS) is 11.9. The van der Waals surface area contributed by atoms with Gasteiger partial charge in [0.1, 0.15) is 11.8 Å². The monoisotopic (exact) mass is 472 g/mol. The van der Waals surface area contributed by atoms with Gasteiger partial charge in [0.05, 0.1) is 18.3 Å². The van der Waals surface area contributed by atoms with E-state index in [0.29, 0.717) is 29.4 Å². The largest absolute Gasteiger partial charge is 0.416 e. The molecule has 4 aromatic rings. The summed E-state index contributed by atoms with van der Waals surface area (Å²) in [5.74, 6) is 0.495. The first-order valence-electron chi connectivity index (χ1n) is 9.99. The summed E-state index contributed by atoms with van der Waals surface area (Å²) in [6.07, 6.45) is 0.678. The summed E-state index contributed by atoms with van der Waals surface area (Å²) in [5, 5.41) is 4.45. The van der Waals surface area contributed by atoms with Crippen LogP contribution in [-0.4, -0.2) is 10.6 Å². The average molecular weight is 473 g/mol. The highest BCUT2D eigenvalue weighted by Crippen LogP contribution is 2.31. The van der Waals surface area contributed by atoms with Crippen LogP contribution in [-0.2, 0) is 12.7 Å². The highest BCUT2D eigenvalue weighted by molar-refractivity contribution is 6.30. The van der Waals surface area contributed by atoms with Gasteiger partial charge in [-0.1, -0.05) is 41.0 Å². The molecule has 0 spiro atoms. The number of fused-ring (bicyclic) bond motifs is 1. The van der Waals surface area contributed by atoms with Gasteiger partial charge >= 0.3 is 11.7 Å². The van der Waals surface area contributed by atoms with Crippen LogP contribution in [0, 0.1) is 0 Å². The number of pyridine rings is 1. The lowest BCUT2D eigenvalue weighted by Crippen LogP contribution is -2.40. The summed E-state index contributed by atoms with van der Waals surface area (Å²) in [6.45, 7) is 0.419. The molecule has 0 atom stereocenters. The van der Waals surface area contributed by atoms with E-state index >= 15 is 0 Å². The predicted octanol–water partition coefficient (Wildman–Crippen LogP) is 5.38. The highest BCUT2D eigenvalue weighted by Gasteiger charge is 2.31. The molecule has 0 aliphatic carbocycles. The van der Waals surface area contributed by atoms with E-state index in [9.17, 15) is 18.0 Å². The Hall–Kier alpha value is -3.65. The first-order valence-corrected chi connectivity index (χ1v) is 10.4. The van der Waals surface area contributed by atoms with Crippen LogP contribution in [0.3, 0.4) is 0 Å². The van der Waals surface area contributed by atoms with Crippen molar-refractivity contribution in [2.45, 2.75) is 19.1 Å². The molecule has 2 aromatic carbocycles. The third-order valence-electron chi connectivity index (χ3n) is 4.90. The van der Waals surface area contributed by atoms with E-state index in [1.807, 2.05) is 0 Å². The fraction of sp³-hybridized carbons (Fsp3) is 0.125. The van der Waals surface area contributed by atoms with Gasteiger partial charge in [-0.15, -0.1) is 0 Å². The van der Waals surface area contributed by atoms with Crippen LogP contribution in [0.2, 0.25) is 5.02 Å². The van der Waals surface area contributed by atoms with E-state index in [-0.39, 0.29) is 11.1 Å². The van der Waals surface area contributed by atoms with Crippen molar-refractivity contribution in [3.05, 3.63) is 100 Å². The maximum Gasteiger partial charge on any atom is 0.416 e. The Morgan fingerprint density at radius 1 is 1.06 bits per heavy atom. The predicted molar refractivity (Wildman–Crippen MR) is 119 cm³/mol. The molecule has 0 fully saturated rings. The lowest BCUT2D eigenvalue weighted by molar-refractivity contribution is -0.672. The summed E-state index contributed by atoms with van der Waals surface area (Å²) >= 11 is 5.91. The Bertz CT molecular complexity index is 1380. The van der Waals surface area contributed by atoms with Crippen LogP contribution in [0.4, 0.5) is 13.2 Å². The molecule has 5 nitrogen and oxygen atoms in total. The van der Waals surface area contributed by atoms with Gasteiger partial charge in [-0.05, 0) is 35.9 Å². The summed E-state index contributed by atoms with van der Waals surface area (Å²) in [7, 11) is 0. The minimum atomic E-state index is -4.50. The molecule has 0 N–H and O–H groups in total. The molecule has 0 amide bonds. The fourth-order valence-electron chi connectivity index (χ4n) is 3.36. The standard InChI is InChI=1S/C24H18ClF3N3O2/c25-19-8-4-9-20(15-19)33-29-11-5-12-30-16-21(23(32)31-13-2-1-10-22(30)31)17-6-3-7-18(14-17)24(26,27)28/h1-4,6-11,13-16H,5,12H2/q+1/b29-11+. The molecule has 0 aliphatic rings. The van der Waals surface area contributed by atoms with Crippen molar-refractivity contribution >= 4 is 23.5 Å². The minimum Gasteiger partial charge on any atom is -0.357 e. The average Bonchev–Trinajstić information content (AvgIpc) is 2.80. The number of alkyl halides is 3. The number of rotatable bonds is 6. The Kier molecular flexibility index (Phi) is 6.46. The molecule has 0 radical (unpaired) electrons. The molecule has 168 valence electrons. The number of hydrogen-bond donors (Lipinski definition) is 0. The zero-order valence-corrected chi connectivity index (χ0v) is 17.9. The summed E-state index contributed by atoms with van der Waals surface area (Å²) in [6, 6.07) is 16.8. The smallest absolute Gasteiger partial charge is 0.357 e. The number of hydrogen-bond acceptors (Lipinski definition) is 3. The summed E-state index contributed by atoms with van der Waals surface area (Å²) < 4.78 is 42.7. The highest BCUT2D eigenvalue weighted by atomic mass is 35.5. The summed E-state index contributed by atoms with van der Waals surface area (Å²) in [5.41, 5.74) is -0.257. The van der Waals surface area contributed by atoms with Gasteiger partial charge in [-0.3, -0.25) is 0 Å². The second-order valence-electron chi connectivity index (χ2n) is 7.17. The Labute approximate surface area is 191 Å². The molecule has 2 aromatic heterocycles. The number of aryl methyl sites for hydroxylation is 1. The topological polar surface area (TPSA) is 47.0 Å². The van der Waals surface area contributed by atoms with E-state index in [1.165, 1.54) is 16.5 Å². The third-order valence-corrected chi connectivity index (χ3v) is 5.13. The molecule has 0 bridgehead atoms. The van der Waals surface area contributed by atoms with Gasteiger partial charge in [0, 0.05) is 29.8 Å². The number of nitrogens with zero attached hydrogens (tertiary/aromatic N) is 3. The van der Waals surface area contributed by atoms with Crippen LogP contribution >= 0.6 is 11.6 Å². The molecular weight excluding hydrogens is 455 g/mol. The van der Waals surface area contributed by atoms with E-state index in [1.54, 1.807) is 65.6 Å². The van der Waals surface area contributed by atoms with Crippen LogP contribution in [0.5, 0.6) is 5.75 Å². The van der Waals surface area contributed by atoms with E-state index in [0.717, 1.165) is 12.1 Å². The molecule has 0 saturated heterocycles. The lowest BCUT2D eigenvalue weighted by Gasteiger charge is -2.09. The fourth-order valence-corrected chi connectivity index (χ4v) is 3.54. The van der Waals surface area contributed by atoms with Crippen LogP contribution < -0.4 is 15.0 Å². The quantitative estimate of drug-likeness (QED) is 0.215. The molecule has 0 unspecified atom stereocenters. The molecule has 0 saturated carbocycles. The van der Waals surface area contributed by atoms with Crippen LogP contribution in [0.1, 0.15) is 12.0 Å². The van der Waals surface area contributed by atoms with Crippen LogP contribution in [0.25, 0.3) is 16.8 Å². The Morgan fingerprint density at radius 3 is 2.67 bits per heavy atom. The van der Waals surface area contributed by atoms with Crippen molar-refractivity contribution < 1.29 is 22.6 Å². The molecule has 4 rings (SSSR count). The van der Waals surface area contributed by atoms with Gasteiger partial charge in [0.2, 0.25) is 0 Å². The van der Waals surface area contributed by atoms with Crippen molar-refractivity contribution in [1.82, 2.24) is 4.40 Å². The van der Waals surface area contributed by atoms with Crippen LogP contribution in [0.15, 0.2) is 89.1 Å². The Morgan fingerprint density at radius 2 is 1.88 bits per heavy atom. The minimum absolute atomic E-state index is 0.164. The van der Waals surface area contributed by atoms with Gasteiger partial charge < -0.3 is 4.84 Å². The van der Waals surface area contributed by atoms with Crippen molar-refractivity contribution in [2.24, 2.45) is 5.16 Å². The van der Waals surface area contributed by atoms with Crippen molar-refractivity contribution in [3.8, 4) is 16.9 Å². The van der Waals surface area contributed by atoms with Crippen molar-refractivity contribution in [3.63, 3.8) is 0 Å². The zero-order valence-electron chi connectivity index (χ0n) is 17.2. The van der Waals surface area contributed by atoms with Gasteiger partial charge in [-0.25, -0.2) is 9.36 Å². The Balaban J connectivity index is 1.63. The number of halogens is 4. The van der Waals surface area contributed by atoms with Gasteiger partial charge in [-0.2, -0.15) is 17.6 Å². The molecular formula is C24H18ClF3N3O2+. The zero-order chi connectivity index (χ0) is 23.4. The SMILES string of the molecule is O=c1c(-c2cccc(C(F)(F)F)c2)c[n+](CC/C=N/Oc2cccc(Cl)c2)c2ccccn12. The maximum atomic E-state index is 13.2. The second kappa shape index (κ2) is 9.46. The summed E-state index contributed by atoms with van der Waals surface area (Å²) in [4.78, 5) is 18.3. The third kappa shape index (κ3) is 5.23. The molecule has 0 aliphatic heterocycles. The maximum absolute atomic E-state index is 13.2. The van der Waals surface area contributed by atoms with E-state index in [4.69, 9.17) is 16.4 Å². The lowest BCUT2D eigenvalue weighted by atomic mass is 10.1. The van der Waals surface area contributed by atoms with E-state index < -0.39 is 17.3 Å². The number of oxime groups is 1. The second-order valence-corrected chi connectivity index (χ2v) is 7.61. The van der Waals surface area contributed by atoms with E-state index in [2.05, 4.69) is 5.16 Å².